The fourth-order valence-electron chi connectivity index (χ4n) is 1.72. The van der Waals surface area contributed by atoms with E-state index in [0.29, 0.717) is 36.1 Å². The Kier molecular flexibility index (Phi) is 4.24. The van der Waals surface area contributed by atoms with Gasteiger partial charge in [0.25, 0.3) is 0 Å². The summed E-state index contributed by atoms with van der Waals surface area (Å²) in [6.07, 6.45) is 3.56. The van der Waals surface area contributed by atoms with Gasteiger partial charge in [0.1, 0.15) is 11.6 Å². The Labute approximate surface area is 105 Å². The highest BCUT2D eigenvalue weighted by Crippen LogP contribution is 2.34. The molecule has 0 atom stereocenters. The van der Waals surface area contributed by atoms with Crippen LogP contribution in [0, 0.1) is 11.7 Å². The van der Waals surface area contributed by atoms with Gasteiger partial charge in [-0.25, -0.2) is 4.39 Å². The van der Waals surface area contributed by atoms with Crippen LogP contribution in [-0.2, 0) is 6.42 Å². The minimum absolute atomic E-state index is 0.0796. The first kappa shape index (κ1) is 12.7. The molecule has 1 aliphatic carbocycles. The molecular formula is C13H16ClFO2. The summed E-state index contributed by atoms with van der Waals surface area (Å²) in [4.78, 5) is 0. The highest BCUT2D eigenvalue weighted by Gasteiger charge is 2.23. The van der Waals surface area contributed by atoms with E-state index in [1.807, 2.05) is 0 Å². The Morgan fingerprint density at radius 1 is 1.41 bits per heavy atom. The van der Waals surface area contributed by atoms with E-state index >= 15 is 0 Å². The Morgan fingerprint density at radius 3 is 2.82 bits per heavy atom. The lowest BCUT2D eigenvalue weighted by molar-refractivity contribution is 0.282. The average Bonchev–Trinajstić information content (AvgIpc) is 3.08. The van der Waals surface area contributed by atoms with Crippen LogP contribution in [0.1, 0.15) is 24.8 Å². The summed E-state index contributed by atoms with van der Waals surface area (Å²) in [6, 6.07) is 2.70. The van der Waals surface area contributed by atoms with Gasteiger partial charge in [0.05, 0.1) is 11.6 Å². The molecule has 0 saturated heterocycles. The van der Waals surface area contributed by atoms with Crippen LogP contribution in [-0.4, -0.2) is 18.3 Å². The van der Waals surface area contributed by atoms with Gasteiger partial charge in [0.15, 0.2) is 0 Å². The first-order valence-electron chi connectivity index (χ1n) is 5.92. The molecule has 0 amide bonds. The van der Waals surface area contributed by atoms with E-state index < -0.39 is 0 Å². The molecule has 1 fully saturated rings. The SMILES string of the molecule is OCCCc1cc(F)cc(Cl)c1OCC1CC1. The standard InChI is InChI=1S/C13H16ClFO2/c14-12-7-11(15)6-10(2-1-5-16)13(12)17-8-9-3-4-9/h6-7,9,16H,1-5,8H2. The molecule has 1 aromatic carbocycles. The predicted molar refractivity (Wildman–Crippen MR) is 65.0 cm³/mol. The molecule has 1 aliphatic rings. The van der Waals surface area contributed by atoms with Gasteiger partial charge >= 0.3 is 0 Å². The number of aryl methyl sites for hydroxylation is 1. The summed E-state index contributed by atoms with van der Waals surface area (Å²) in [5, 5.41) is 9.14. The maximum Gasteiger partial charge on any atom is 0.141 e. The van der Waals surface area contributed by atoms with Gasteiger partial charge < -0.3 is 9.84 Å². The van der Waals surface area contributed by atoms with Crippen molar-refractivity contribution < 1.29 is 14.2 Å². The monoisotopic (exact) mass is 258 g/mol. The third-order valence-corrected chi connectivity index (χ3v) is 3.13. The van der Waals surface area contributed by atoms with Gasteiger partial charge in [0.2, 0.25) is 0 Å². The third kappa shape index (κ3) is 3.58. The van der Waals surface area contributed by atoms with Crippen molar-refractivity contribution in [1.29, 1.82) is 0 Å². The van der Waals surface area contributed by atoms with Crippen LogP contribution in [0.25, 0.3) is 0 Å². The van der Waals surface area contributed by atoms with Crippen molar-refractivity contribution in [1.82, 2.24) is 0 Å². The lowest BCUT2D eigenvalue weighted by Crippen LogP contribution is -2.04. The van der Waals surface area contributed by atoms with Crippen LogP contribution >= 0.6 is 11.6 Å². The average molecular weight is 259 g/mol. The molecule has 17 heavy (non-hydrogen) atoms. The summed E-state index contributed by atoms with van der Waals surface area (Å²) in [6.45, 7) is 0.730. The normalized spacial score (nSPS) is 15.0. The second-order valence-electron chi connectivity index (χ2n) is 4.46. The Hall–Kier alpha value is -0.800. The number of rotatable bonds is 6. The zero-order valence-electron chi connectivity index (χ0n) is 9.59. The Balaban J connectivity index is 2.12. The zero-order valence-corrected chi connectivity index (χ0v) is 10.3. The number of ether oxygens (including phenoxy) is 1. The molecule has 2 nitrogen and oxygen atoms in total. The maximum absolute atomic E-state index is 13.2. The molecule has 2 rings (SSSR count). The highest BCUT2D eigenvalue weighted by atomic mass is 35.5. The molecule has 1 N–H and O–H groups in total. The minimum atomic E-state index is -0.360. The molecule has 1 saturated carbocycles. The van der Waals surface area contributed by atoms with Gasteiger partial charge in [-0.2, -0.15) is 0 Å². The quantitative estimate of drug-likeness (QED) is 0.849. The van der Waals surface area contributed by atoms with Crippen LogP contribution in [0.5, 0.6) is 5.75 Å². The van der Waals surface area contributed by atoms with Crippen LogP contribution in [0.2, 0.25) is 5.02 Å². The second-order valence-corrected chi connectivity index (χ2v) is 4.86. The van der Waals surface area contributed by atoms with E-state index in [-0.39, 0.29) is 12.4 Å². The van der Waals surface area contributed by atoms with Crippen molar-refractivity contribution >= 4 is 11.6 Å². The van der Waals surface area contributed by atoms with Gasteiger partial charge in [-0.15, -0.1) is 0 Å². The fourth-order valence-corrected chi connectivity index (χ4v) is 2.00. The molecule has 94 valence electrons. The lowest BCUT2D eigenvalue weighted by atomic mass is 10.1. The van der Waals surface area contributed by atoms with E-state index in [1.165, 1.54) is 25.0 Å². The van der Waals surface area contributed by atoms with Crippen molar-refractivity contribution in [3.05, 3.63) is 28.5 Å². The van der Waals surface area contributed by atoms with Crippen molar-refractivity contribution in [3.8, 4) is 5.75 Å². The zero-order chi connectivity index (χ0) is 12.3. The smallest absolute Gasteiger partial charge is 0.141 e. The number of hydrogen-bond acceptors (Lipinski definition) is 2. The van der Waals surface area contributed by atoms with Gasteiger partial charge in [0, 0.05) is 6.61 Å². The van der Waals surface area contributed by atoms with Crippen molar-refractivity contribution in [2.75, 3.05) is 13.2 Å². The maximum atomic E-state index is 13.2. The number of hydrogen-bond donors (Lipinski definition) is 1. The van der Waals surface area contributed by atoms with E-state index in [4.69, 9.17) is 21.4 Å². The first-order valence-corrected chi connectivity index (χ1v) is 6.30. The van der Waals surface area contributed by atoms with Gasteiger partial charge in [-0.3, -0.25) is 0 Å². The summed E-state index contributed by atoms with van der Waals surface area (Å²) < 4.78 is 18.9. The predicted octanol–water partition coefficient (Wildman–Crippen LogP) is 3.19. The van der Waals surface area contributed by atoms with Crippen LogP contribution in [0.3, 0.4) is 0 Å². The minimum Gasteiger partial charge on any atom is -0.491 e. The van der Waals surface area contributed by atoms with E-state index in [0.717, 1.165) is 5.56 Å². The highest BCUT2D eigenvalue weighted by molar-refractivity contribution is 6.32. The molecule has 4 heteroatoms. The van der Waals surface area contributed by atoms with Crippen LogP contribution in [0.4, 0.5) is 4.39 Å². The van der Waals surface area contributed by atoms with Crippen LogP contribution < -0.4 is 4.74 Å². The summed E-state index contributed by atoms with van der Waals surface area (Å²) in [7, 11) is 0. The Morgan fingerprint density at radius 2 is 2.18 bits per heavy atom. The fraction of sp³-hybridized carbons (Fsp3) is 0.538. The van der Waals surface area contributed by atoms with E-state index in [2.05, 4.69) is 0 Å². The number of aliphatic hydroxyl groups excluding tert-OH is 1. The third-order valence-electron chi connectivity index (χ3n) is 2.85. The number of aliphatic hydroxyl groups is 1. The lowest BCUT2D eigenvalue weighted by Gasteiger charge is -2.13. The Bertz CT molecular complexity index is 391. The van der Waals surface area contributed by atoms with Gasteiger partial charge in [-0.05, 0) is 49.3 Å². The molecular weight excluding hydrogens is 243 g/mol. The molecule has 0 aliphatic heterocycles. The van der Waals surface area contributed by atoms with Crippen molar-refractivity contribution in [2.45, 2.75) is 25.7 Å². The molecule has 0 bridgehead atoms. The van der Waals surface area contributed by atoms with E-state index in [1.54, 1.807) is 0 Å². The van der Waals surface area contributed by atoms with Crippen molar-refractivity contribution in [2.24, 2.45) is 5.92 Å². The summed E-state index contributed by atoms with van der Waals surface area (Å²) in [5.74, 6) is 0.844. The summed E-state index contributed by atoms with van der Waals surface area (Å²) in [5.41, 5.74) is 0.740. The summed E-state index contributed by atoms with van der Waals surface area (Å²) >= 11 is 5.99. The van der Waals surface area contributed by atoms with Crippen LogP contribution in [0.15, 0.2) is 12.1 Å². The molecule has 0 heterocycles. The molecule has 0 aromatic heterocycles. The molecule has 1 aromatic rings. The molecule has 0 radical (unpaired) electrons. The number of halogens is 2. The molecule has 0 spiro atoms. The van der Waals surface area contributed by atoms with Gasteiger partial charge in [-0.1, -0.05) is 11.6 Å². The largest absolute Gasteiger partial charge is 0.491 e. The van der Waals surface area contributed by atoms with Crippen molar-refractivity contribution in [3.63, 3.8) is 0 Å². The first-order chi connectivity index (χ1) is 8.20. The second kappa shape index (κ2) is 5.69. The number of benzene rings is 1. The van der Waals surface area contributed by atoms with E-state index in [9.17, 15) is 4.39 Å². The topological polar surface area (TPSA) is 29.5 Å². The molecule has 0 unspecified atom stereocenters.